The zero-order chi connectivity index (χ0) is 12.8. The lowest BCUT2D eigenvalue weighted by atomic mass is 10.3. The van der Waals surface area contributed by atoms with Gasteiger partial charge in [0, 0.05) is 11.8 Å². The van der Waals surface area contributed by atoms with Gasteiger partial charge in [-0.15, -0.1) is 6.42 Å². The summed E-state index contributed by atoms with van der Waals surface area (Å²) in [5.74, 6) is 3.35. The highest BCUT2D eigenvalue weighted by Crippen LogP contribution is 2.17. The first kappa shape index (κ1) is 14.1. The van der Waals surface area contributed by atoms with Gasteiger partial charge in [-0.3, -0.25) is 4.79 Å². The van der Waals surface area contributed by atoms with Crippen LogP contribution in [-0.4, -0.2) is 27.8 Å². The van der Waals surface area contributed by atoms with Crippen molar-refractivity contribution in [2.24, 2.45) is 0 Å². The van der Waals surface area contributed by atoms with Crippen molar-refractivity contribution in [2.75, 3.05) is 17.3 Å². The molecule has 0 aliphatic rings. The van der Waals surface area contributed by atoms with Gasteiger partial charge in [-0.05, 0) is 29.1 Å². The fraction of sp³-hybridized carbons (Fsp3) is 0.455. The number of halogens is 1. The van der Waals surface area contributed by atoms with Crippen molar-refractivity contribution < 1.29 is 0 Å². The molecule has 1 N–H and O–H groups in total. The minimum Gasteiger partial charge on any atom is -0.379 e. The fourth-order valence-corrected chi connectivity index (χ4v) is 2.33. The van der Waals surface area contributed by atoms with E-state index in [0.717, 1.165) is 5.75 Å². The van der Waals surface area contributed by atoms with Crippen LogP contribution < -0.4 is 10.9 Å². The summed E-state index contributed by atoms with van der Waals surface area (Å²) in [6, 6.07) is 0.269. The van der Waals surface area contributed by atoms with Crippen LogP contribution in [0.15, 0.2) is 15.5 Å². The molecule has 17 heavy (non-hydrogen) atoms. The molecule has 1 rings (SSSR count). The van der Waals surface area contributed by atoms with E-state index in [1.165, 1.54) is 4.68 Å². The molecule has 0 aliphatic heterocycles. The van der Waals surface area contributed by atoms with Gasteiger partial charge in [0.15, 0.2) is 0 Å². The average molecular weight is 316 g/mol. The van der Waals surface area contributed by atoms with E-state index in [1.807, 2.05) is 6.26 Å². The lowest BCUT2D eigenvalue weighted by molar-refractivity contribution is 0.658. The van der Waals surface area contributed by atoms with Crippen molar-refractivity contribution in [3.63, 3.8) is 0 Å². The molecule has 1 aromatic heterocycles. The smallest absolute Gasteiger partial charge is 0.284 e. The van der Waals surface area contributed by atoms with E-state index in [-0.39, 0.29) is 18.1 Å². The number of rotatable bonds is 5. The number of nitrogens with zero attached hydrogens (tertiary/aromatic N) is 2. The van der Waals surface area contributed by atoms with Gasteiger partial charge in [-0.2, -0.15) is 16.9 Å². The summed E-state index contributed by atoms with van der Waals surface area (Å²) in [6.45, 7) is 2.23. The molecule has 6 heteroatoms. The zero-order valence-electron chi connectivity index (χ0n) is 9.74. The number of anilines is 1. The van der Waals surface area contributed by atoms with Crippen LogP contribution in [0, 0.1) is 12.3 Å². The van der Waals surface area contributed by atoms with Crippen LogP contribution in [0.4, 0.5) is 5.69 Å². The topological polar surface area (TPSA) is 46.9 Å². The maximum absolute atomic E-state index is 11.8. The second-order valence-corrected chi connectivity index (χ2v) is 5.24. The van der Waals surface area contributed by atoms with Gasteiger partial charge in [-0.1, -0.05) is 5.92 Å². The van der Waals surface area contributed by atoms with Crippen molar-refractivity contribution >= 4 is 33.4 Å². The highest BCUT2D eigenvalue weighted by molar-refractivity contribution is 9.10. The van der Waals surface area contributed by atoms with E-state index in [9.17, 15) is 4.79 Å². The highest BCUT2D eigenvalue weighted by Gasteiger charge is 2.10. The molecule has 92 valence electrons. The molecule has 1 unspecified atom stereocenters. The third kappa shape index (κ3) is 3.79. The molecule has 0 aromatic carbocycles. The highest BCUT2D eigenvalue weighted by atomic mass is 79.9. The SMILES string of the molecule is C#CCn1ncc(NC(C)CSC)c(Br)c1=O. The predicted molar refractivity (Wildman–Crippen MR) is 76.5 cm³/mol. The van der Waals surface area contributed by atoms with E-state index in [1.54, 1.807) is 18.0 Å². The Kier molecular flexibility index (Phi) is 5.59. The summed E-state index contributed by atoms with van der Waals surface area (Å²) in [6.07, 6.45) is 8.80. The molecule has 0 aliphatic carbocycles. The minimum atomic E-state index is -0.218. The Balaban J connectivity index is 2.93. The first-order chi connectivity index (χ1) is 8.10. The quantitative estimate of drug-likeness (QED) is 0.842. The molecule has 0 fully saturated rings. The molecule has 0 spiro atoms. The molecule has 1 heterocycles. The van der Waals surface area contributed by atoms with Crippen molar-refractivity contribution in [1.29, 1.82) is 0 Å². The standard InChI is InChI=1S/C11H14BrN3OS/c1-4-5-15-11(16)10(12)9(6-13-15)14-8(2)7-17-3/h1,6,8,14H,5,7H2,2-3H3. The van der Waals surface area contributed by atoms with E-state index < -0.39 is 0 Å². The molecule has 0 amide bonds. The number of nitrogens with one attached hydrogen (secondary N) is 1. The molecule has 1 aromatic rings. The van der Waals surface area contributed by atoms with Crippen LogP contribution in [0.3, 0.4) is 0 Å². The molecular weight excluding hydrogens is 302 g/mol. The third-order valence-corrected chi connectivity index (χ3v) is 3.64. The predicted octanol–water partition coefficient (Wildman–Crippen LogP) is 1.80. The Morgan fingerprint density at radius 1 is 1.76 bits per heavy atom. The van der Waals surface area contributed by atoms with E-state index in [2.05, 4.69) is 39.2 Å². The van der Waals surface area contributed by atoms with Gasteiger partial charge >= 0.3 is 0 Å². The summed E-state index contributed by atoms with van der Waals surface area (Å²) in [5.41, 5.74) is 0.481. The number of thioether (sulfide) groups is 1. The second kappa shape index (κ2) is 6.72. The number of hydrogen-bond donors (Lipinski definition) is 1. The molecule has 0 saturated carbocycles. The fourth-order valence-electron chi connectivity index (χ4n) is 1.32. The second-order valence-electron chi connectivity index (χ2n) is 3.54. The maximum Gasteiger partial charge on any atom is 0.284 e. The Morgan fingerprint density at radius 3 is 3.06 bits per heavy atom. The van der Waals surface area contributed by atoms with Gasteiger partial charge < -0.3 is 5.32 Å². The van der Waals surface area contributed by atoms with Gasteiger partial charge in [-0.25, -0.2) is 4.68 Å². The molecule has 4 nitrogen and oxygen atoms in total. The largest absolute Gasteiger partial charge is 0.379 e. The summed E-state index contributed by atoms with van der Waals surface area (Å²) < 4.78 is 1.71. The van der Waals surface area contributed by atoms with Crippen LogP contribution in [0.1, 0.15) is 6.92 Å². The number of hydrogen-bond acceptors (Lipinski definition) is 4. The van der Waals surface area contributed by atoms with Crippen LogP contribution in [0.5, 0.6) is 0 Å². The maximum atomic E-state index is 11.8. The molecular formula is C11H14BrN3OS. The lowest BCUT2D eigenvalue weighted by Crippen LogP contribution is -2.26. The van der Waals surface area contributed by atoms with E-state index >= 15 is 0 Å². The van der Waals surface area contributed by atoms with Gasteiger partial charge in [0.05, 0.1) is 11.9 Å². The monoisotopic (exact) mass is 315 g/mol. The Morgan fingerprint density at radius 2 is 2.47 bits per heavy atom. The first-order valence-corrected chi connectivity index (χ1v) is 7.23. The van der Waals surface area contributed by atoms with Crippen LogP contribution in [0.25, 0.3) is 0 Å². The van der Waals surface area contributed by atoms with Crippen molar-refractivity contribution in [2.45, 2.75) is 19.5 Å². The summed E-state index contributed by atoms with van der Waals surface area (Å²) in [4.78, 5) is 11.8. The summed E-state index contributed by atoms with van der Waals surface area (Å²) in [5, 5.41) is 7.23. The molecule has 0 bridgehead atoms. The molecule has 0 radical (unpaired) electrons. The van der Waals surface area contributed by atoms with Gasteiger partial charge in [0.25, 0.3) is 5.56 Å². The van der Waals surface area contributed by atoms with Crippen molar-refractivity contribution in [3.8, 4) is 12.3 Å². The molecule has 0 saturated heterocycles. The van der Waals surface area contributed by atoms with Crippen LogP contribution in [0.2, 0.25) is 0 Å². The van der Waals surface area contributed by atoms with Gasteiger partial charge in [0.1, 0.15) is 11.0 Å². The van der Waals surface area contributed by atoms with Crippen molar-refractivity contribution in [1.82, 2.24) is 9.78 Å². The summed E-state index contributed by atoms with van der Waals surface area (Å²) >= 11 is 5.01. The number of aromatic nitrogens is 2. The van der Waals surface area contributed by atoms with E-state index in [4.69, 9.17) is 6.42 Å². The Bertz CT molecular complexity index is 481. The minimum absolute atomic E-state index is 0.179. The number of terminal acetylenes is 1. The van der Waals surface area contributed by atoms with Crippen LogP contribution >= 0.6 is 27.7 Å². The lowest BCUT2D eigenvalue weighted by Gasteiger charge is -2.15. The zero-order valence-corrected chi connectivity index (χ0v) is 12.1. The summed E-state index contributed by atoms with van der Waals surface area (Å²) in [7, 11) is 0. The van der Waals surface area contributed by atoms with Gasteiger partial charge in [0.2, 0.25) is 0 Å². The van der Waals surface area contributed by atoms with E-state index in [0.29, 0.717) is 10.2 Å². The Hall–Kier alpha value is -0.930. The van der Waals surface area contributed by atoms with Crippen LogP contribution in [-0.2, 0) is 6.54 Å². The average Bonchev–Trinajstić information content (AvgIpc) is 2.29. The van der Waals surface area contributed by atoms with Crippen molar-refractivity contribution in [3.05, 3.63) is 21.0 Å². The Labute approximate surface area is 113 Å². The first-order valence-electron chi connectivity index (χ1n) is 5.04. The normalized spacial score (nSPS) is 11.9. The molecule has 1 atom stereocenters. The third-order valence-electron chi connectivity index (χ3n) is 2.04.